The van der Waals surface area contributed by atoms with Gasteiger partial charge >= 0.3 is 0 Å². The molecule has 0 spiro atoms. The lowest BCUT2D eigenvalue weighted by Crippen LogP contribution is -2.28. The highest BCUT2D eigenvalue weighted by Gasteiger charge is 2.15. The molecule has 9 heteroatoms. The minimum atomic E-state index is -0.501. The molecule has 32 heavy (non-hydrogen) atoms. The van der Waals surface area contributed by atoms with Gasteiger partial charge in [0.15, 0.2) is 0 Å². The number of nitrogens with one attached hydrogen (secondary N) is 1. The summed E-state index contributed by atoms with van der Waals surface area (Å²) in [5.41, 5.74) is 1.82. The first-order valence-electron chi connectivity index (χ1n) is 10.4. The molecule has 1 fully saturated rings. The van der Waals surface area contributed by atoms with Gasteiger partial charge in [-0.1, -0.05) is 17.7 Å². The van der Waals surface area contributed by atoms with Crippen LogP contribution in [0.2, 0.25) is 5.02 Å². The molecular formula is C23H26ClFN4O3. The number of ether oxygens (including phenoxy) is 1. The van der Waals surface area contributed by atoms with Crippen molar-refractivity contribution in [3.63, 3.8) is 0 Å². The van der Waals surface area contributed by atoms with Gasteiger partial charge in [-0.05, 0) is 49.6 Å². The Labute approximate surface area is 190 Å². The number of aromatic nitrogens is 3. The van der Waals surface area contributed by atoms with E-state index in [0.717, 1.165) is 26.1 Å². The predicted octanol–water partition coefficient (Wildman–Crippen LogP) is 3.74. The van der Waals surface area contributed by atoms with Crippen LogP contribution in [0.5, 0.6) is 0 Å². The van der Waals surface area contributed by atoms with Gasteiger partial charge in [0.1, 0.15) is 5.82 Å². The van der Waals surface area contributed by atoms with Gasteiger partial charge in [0, 0.05) is 49.9 Å². The van der Waals surface area contributed by atoms with Crippen molar-refractivity contribution in [1.82, 2.24) is 14.5 Å². The molecule has 0 aliphatic carbocycles. The zero-order valence-corrected chi connectivity index (χ0v) is 18.6. The van der Waals surface area contributed by atoms with Crippen LogP contribution >= 0.6 is 11.6 Å². The first kappa shape index (κ1) is 23.8. The monoisotopic (exact) mass is 460 g/mol. The highest BCUT2D eigenvalue weighted by molar-refractivity contribution is 6.30. The summed E-state index contributed by atoms with van der Waals surface area (Å²) in [6, 6.07) is 9.90. The number of rotatable bonds is 5. The van der Waals surface area contributed by atoms with E-state index in [1.807, 2.05) is 6.07 Å². The van der Waals surface area contributed by atoms with Crippen LogP contribution in [0.4, 0.5) is 10.3 Å². The Balaban J connectivity index is 0.000000913. The van der Waals surface area contributed by atoms with Crippen LogP contribution in [-0.2, 0) is 11.3 Å². The van der Waals surface area contributed by atoms with Gasteiger partial charge in [-0.3, -0.25) is 4.79 Å². The Bertz CT molecular complexity index is 1090. The minimum Gasteiger partial charge on any atom is -0.397 e. The molecule has 0 radical (unpaired) electrons. The molecule has 0 unspecified atom stereocenters. The molecule has 4 rings (SSSR count). The second-order valence-electron chi connectivity index (χ2n) is 7.24. The smallest absolute Gasteiger partial charge is 0.251 e. The standard InChI is InChI=1S/C21H20ClFN4O2.C2H6O/c22-17-2-1-14(11-18(17)23)13-27-8-4-15(12-20(27)28)19-3-7-24-21(26-19)25-16-5-9-29-10-6-16;1-2-3/h1-4,7-8,11-12,16H,5-6,9-10,13H2,(H,24,25,26);3H,2H2,1H3. The predicted molar refractivity (Wildman–Crippen MR) is 122 cm³/mol. The average Bonchev–Trinajstić information content (AvgIpc) is 2.79. The molecule has 1 aromatic carbocycles. The number of aliphatic hydroxyl groups excluding tert-OH is 1. The van der Waals surface area contributed by atoms with Crippen molar-refractivity contribution in [2.75, 3.05) is 25.1 Å². The maximum absolute atomic E-state index is 13.6. The van der Waals surface area contributed by atoms with E-state index in [-0.39, 0.29) is 29.8 Å². The summed E-state index contributed by atoms with van der Waals surface area (Å²) >= 11 is 5.71. The van der Waals surface area contributed by atoms with Gasteiger partial charge in [0.05, 0.1) is 17.3 Å². The van der Waals surface area contributed by atoms with Crippen LogP contribution < -0.4 is 10.9 Å². The third-order valence-electron chi connectivity index (χ3n) is 4.84. The minimum absolute atomic E-state index is 0.0605. The molecule has 170 valence electrons. The van der Waals surface area contributed by atoms with E-state index in [9.17, 15) is 9.18 Å². The maximum atomic E-state index is 13.6. The van der Waals surface area contributed by atoms with Crippen LogP contribution in [0.15, 0.2) is 53.6 Å². The fourth-order valence-electron chi connectivity index (χ4n) is 3.25. The highest BCUT2D eigenvalue weighted by atomic mass is 35.5. The van der Waals surface area contributed by atoms with Crippen LogP contribution in [-0.4, -0.2) is 45.5 Å². The summed E-state index contributed by atoms with van der Waals surface area (Å²) in [6.45, 7) is 3.65. The SMILES string of the molecule is CCO.O=c1cc(-c2ccnc(NC3CCOCC3)n2)ccn1Cc1ccc(Cl)c(F)c1. The maximum Gasteiger partial charge on any atom is 0.251 e. The van der Waals surface area contributed by atoms with Crippen molar-refractivity contribution < 1.29 is 14.2 Å². The van der Waals surface area contributed by atoms with Gasteiger partial charge in [-0.15, -0.1) is 0 Å². The highest BCUT2D eigenvalue weighted by Crippen LogP contribution is 2.19. The van der Waals surface area contributed by atoms with Crippen molar-refractivity contribution in [2.45, 2.75) is 32.4 Å². The molecule has 3 heterocycles. The van der Waals surface area contributed by atoms with E-state index < -0.39 is 5.82 Å². The normalized spacial score (nSPS) is 13.9. The van der Waals surface area contributed by atoms with Crippen LogP contribution in [0.1, 0.15) is 25.3 Å². The van der Waals surface area contributed by atoms with Crippen LogP contribution in [0.3, 0.4) is 0 Å². The van der Waals surface area contributed by atoms with Crippen molar-refractivity contribution >= 4 is 17.5 Å². The van der Waals surface area contributed by atoms with Gasteiger partial charge in [-0.25, -0.2) is 14.4 Å². The average molecular weight is 461 g/mol. The van der Waals surface area contributed by atoms with Gasteiger partial charge < -0.3 is 19.7 Å². The van der Waals surface area contributed by atoms with Crippen LogP contribution in [0, 0.1) is 5.82 Å². The second-order valence-corrected chi connectivity index (χ2v) is 7.65. The molecule has 0 amide bonds. The fraction of sp³-hybridized carbons (Fsp3) is 0.348. The molecule has 1 saturated heterocycles. The molecule has 7 nitrogen and oxygen atoms in total. The molecule has 3 aromatic rings. The lowest BCUT2D eigenvalue weighted by atomic mass is 10.1. The second kappa shape index (κ2) is 11.7. The fourth-order valence-corrected chi connectivity index (χ4v) is 3.36. The lowest BCUT2D eigenvalue weighted by Gasteiger charge is -2.23. The molecule has 2 N–H and O–H groups in total. The molecule has 0 atom stereocenters. The summed E-state index contributed by atoms with van der Waals surface area (Å²) in [7, 11) is 0. The quantitative estimate of drug-likeness (QED) is 0.603. The summed E-state index contributed by atoms with van der Waals surface area (Å²) in [6.07, 6.45) is 5.17. The van der Waals surface area contributed by atoms with E-state index in [1.165, 1.54) is 22.8 Å². The van der Waals surface area contributed by atoms with E-state index in [2.05, 4.69) is 15.3 Å². The van der Waals surface area contributed by atoms with Crippen molar-refractivity contribution in [3.05, 3.63) is 75.5 Å². The Hall–Kier alpha value is -2.81. The van der Waals surface area contributed by atoms with E-state index in [4.69, 9.17) is 21.4 Å². The topological polar surface area (TPSA) is 89.3 Å². The van der Waals surface area contributed by atoms with E-state index in [0.29, 0.717) is 22.8 Å². The van der Waals surface area contributed by atoms with E-state index in [1.54, 1.807) is 31.5 Å². The van der Waals surface area contributed by atoms with Crippen molar-refractivity contribution in [3.8, 4) is 11.3 Å². The number of pyridine rings is 1. The zero-order valence-electron chi connectivity index (χ0n) is 17.8. The first-order chi connectivity index (χ1) is 15.5. The number of nitrogens with zero attached hydrogens (tertiary/aromatic N) is 3. The molecule has 0 saturated carbocycles. The van der Waals surface area contributed by atoms with Gasteiger partial charge in [0.25, 0.3) is 5.56 Å². The molecular weight excluding hydrogens is 435 g/mol. The number of hydrogen-bond acceptors (Lipinski definition) is 6. The number of benzene rings is 1. The number of anilines is 1. The Morgan fingerprint density at radius 1 is 1.25 bits per heavy atom. The largest absolute Gasteiger partial charge is 0.397 e. The summed E-state index contributed by atoms with van der Waals surface area (Å²) in [4.78, 5) is 21.4. The molecule has 1 aliphatic heterocycles. The molecule has 0 bridgehead atoms. The van der Waals surface area contributed by atoms with Gasteiger partial charge in [-0.2, -0.15) is 0 Å². The van der Waals surface area contributed by atoms with Crippen molar-refractivity contribution in [1.29, 1.82) is 0 Å². The number of hydrogen-bond donors (Lipinski definition) is 2. The summed E-state index contributed by atoms with van der Waals surface area (Å²) in [5.74, 6) is 0.0367. The van der Waals surface area contributed by atoms with Crippen LogP contribution in [0.25, 0.3) is 11.3 Å². The molecule has 2 aromatic heterocycles. The third-order valence-corrected chi connectivity index (χ3v) is 5.15. The zero-order chi connectivity index (χ0) is 22.9. The lowest BCUT2D eigenvalue weighted by molar-refractivity contribution is 0.0903. The molecule has 1 aliphatic rings. The number of halogens is 2. The number of aliphatic hydroxyl groups is 1. The third kappa shape index (κ3) is 6.59. The van der Waals surface area contributed by atoms with Crippen molar-refractivity contribution in [2.24, 2.45) is 0 Å². The first-order valence-corrected chi connectivity index (χ1v) is 10.8. The summed E-state index contributed by atoms with van der Waals surface area (Å²) in [5, 5.41) is 11.0. The Kier molecular flexibility index (Phi) is 8.72. The van der Waals surface area contributed by atoms with Gasteiger partial charge in [0.2, 0.25) is 5.95 Å². The Morgan fingerprint density at radius 2 is 2.00 bits per heavy atom. The van der Waals surface area contributed by atoms with E-state index >= 15 is 0 Å². The Morgan fingerprint density at radius 3 is 2.69 bits per heavy atom. The summed E-state index contributed by atoms with van der Waals surface area (Å²) < 4.78 is 20.5.